The van der Waals surface area contributed by atoms with E-state index in [0.717, 1.165) is 17.5 Å². The maximum absolute atomic E-state index is 12.8. The van der Waals surface area contributed by atoms with Crippen LogP contribution in [0.3, 0.4) is 0 Å². The lowest BCUT2D eigenvalue weighted by Gasteiger charge is -2.17. The van der Waals surface area contributed by atoms with Crippen LogP contribution in [0.15, 0.2) is 30.7 Å². The number of hydrogen-bond acceptors (Lipinski definition) is 4. The van der Waals surface area contributed by atoms with E-state index >= 15 is 0 Å². The van der Waals surface area contributed by atoms with Gasteiger partial charge in [0.25, 0.3) is 5.91 Å². The number of likely N-dealkylation sites (tertiary alicyclic amines) is 1. The standard InChI is InChI=1S/C17H22N4O2/c1-3-12-5-4-6-18-16(12)17(23)21-9-14(11-22)15(10-21)13-7-19-20(2)8-13/h4-8,14-15,22H,3,9-11H2,1-2H3/t14-,15-/m0/s1. The summed E-state index contributed by atoms with van der Waals surface area (Å²) in [5, 5.41) is 13.9. The third-order valence-corrected chi connectivity index (χ3v) is 4.59. The number of aryl methyl sites for hydroxylation is 2. The van der Waals surface area contributed by atoms with Gasteiger partial charge < -0.3 is 10.0 Å². The van der Waals surface area contributed by atoms with Gasteiger partial charge >= 0.3 is 0 Å². The summed E-state index contributed by atoms with van der Waals surface area (Å²) in [6, 6.07) is 3.80. The van der Waals surface area contributed by atoms with Gasteiger partial charge in [0.15, 0.2) is 0 Å². The molecule has 0 aromatic carbocycles. The van der Waals surface area contributed by atoms with E-state index in [1.165, 1.54) is 0 Å². The first kappa shape index (κ1) is 15.7. The number of nitrogens with zero attached hydrogens (tertiary/aromatic N) is 4. The molecule has 1 amide bonds. The Kier molecular flexibility index (Phi) is 4.43. The molecule has 3 heterocycles. The summed E-state index contributed by atoms with van der Waals surface area (Å²) < 4.78 is 1.75. The molecule has 0 bridgehead atoms. The highest BCUT2D eigenvalue weighted by molar-refractivity contribution is 5.94. The van der Waals surface area contributed by atoms with Gasteiger partial charge in [-0.25, -0.2) is 0 Å². The fourth-order valence-electron chi connectivity index (χ4n) is 3.30. The molecule has 2 atom stereocenters. The van der Waals surface area contributed by atoms with Crippen LogP contribution in [0.4, 0.5) is 0 Å². The summed E-state index contributed by atoms with van der Waals surface area (Å²) in [5.41, 5.74) is 2.56. The second-order valence-corrected chi connectivity index (χ2v) is 6.07. The van der Waals surface area contributed by atoms with Crippen molar-refractivity contribution < 1.29 is 9.90 Å². The minimum absolute atomic E-state index is 0.0388. The van der Waals surface area contributed by atoms with E-state index in [2.05, 4.69) is 10.1 Å². The number of aliphatic hydroxyl groups excluding tert-OH is 1. The minimum Gasteiger partial charge on any atom is -0.396 e. The average molecular weight is 314 g/mol. The molecule has 2 aromatic rings. The predicted octanol–water partition coefficient (Wildman–Crippen LogP) is 1.23. The molecular weight excluding hydrogens is 292 g/mol. The van der Waals surface area contributed by atoms with E-state index in [9.17, 15) is 9.90 Å². The van der Waals surface area contributed by atoms with E-state index < -0.39 is 0 Å². The quantitative estimate of drug-likeness (QED) is 0.921. The van der Waals surface area contributed by atoms with Crippen molar-refractivity contribution in [2.75, 3.05) is 19.7 Å². The lowest BCUT2D eigenvalue weighted by molar-refractivity contribution is 0.0774. The van der Waals surface area contributed by atoms with Gasteiger partial charge in [0.05, 0.1) is 6.20 Å². The summed E-state index contributed by atoms with van der Waals surface area (Å²) in [6.45, 7) is 3.23. The van der Waals surface area contributed by atoms with Crippen LogP contribution in [0.2, 0.25) is 0 Å². The molecule has 6 heteroatoms. The summed E-state index contributed by atoms with van der Waals surface area (Å²) >= 11 is 0. The number of pyridine rings is 1. The fourth-order valence-corrected chi connectivity index (χ4v) is 3.30. The molecular formula is C17H22N4O2. The van der Waals surface area contributed by atoms with E-state index in [0.29, 0.717) is 18.8 Å². The molecule has 1 saturated heterocycles. The largest absolute Gasteiger partial charge is 0.396 e. The SMILES string of the molecule is CCc1cccnc1C(=O)N1C[C@@H](CO)[C@H](c2cnn(C)c2)C1. The normalized spacial score (nSPS) is 20.9. The smallest absolute Gasteiger partial charge is 0.272 e. The van der Waals surface area contributed by atoms with Gasteiger partial charge in [0.2, 0.25) is 0 Å². The molecule has 1 aliphatic heterocycles. The Morgan fingerprint density at radius 1 is 1.43 bits per heavy atom. The van der Waals surface area contributed by atoms with Crippen LogP contribution in [-0.4, -0.2) is 50.4 Å². The van der Waals surface area contributed by atoms with Crippen molar-refractivity contribution in [3.05, 3.63) is 47.5 Å². The number of aromatic nitrogens is 3. The Balaban J connectivity index is 1.83. The number of hydrogen-bond donors (Lipinski definition) is 1. The third kappa shape index (κ3) is 2.99. The van der Waals surface area contributed by atoms with Crippen LogP contribution in [0, 0.1) is 5.92 Å². The van der Waals surface area contributed by atoms with Crippen molar-refractivity contribution in [3.63, 3.8) is 0 Å². The zero-order valence-electron chi connectivity index (χ0n) is 13.5. The first-order valence-electron chi connectivity index (χ1n) is 7.96. The van der Waals surface area contributed by atoms with Crippen LogP contribution in [0.1, 0.15) is 34.5 Å². The van der Waals surface area contributed by atoms with Gasteiger partial charge in [-0.05, 0) is 23.6 Å². The Labute approximate surface area is 135 Å². The zero-order chi connectivity index (χ0) is 16.4. The summed E-state index contributed by atoms with van der Waals surface area (Å²) in [6.07, 6.45) is 6.21. The van der Waals surface area contributed by atoms with E-state index in [1.807, 2.05) is 38.5 Å². The summed E-state index contributed by atoms with van der Waals surface area (Å²) in [5.74, 6) is 0.107. The molecule has 1 N–H and O–H groups in total. The molecule has 1 aliphatic rings. The van der Waals surface area contributed by atoms with Crippen molar-refractivity contribution in [2.24, 2.45) is 13.0 Å². The predicted molar refractivity (Wildman–Crippen MR) is 86.0 cm³/mol. The van der Waals surface area contributed by atoms with Crippen molar-refractivity contribution >= 4 is 5.91 Å². The number of carbonyl (C=O) groups is 1. The molecule has 0 saturated carbocycles. The summed E-state index contributed by atoms with van der Waals surface area (Å²) in [7, 11) is 1.87. The molecule has 23 heavy (non-hydrogen) atoms. The molecule has 0 radical (unpaired) electrons. The molecule has 0 spiro atoms. The lowest BCUT2D eigenvalue weighted by Crippen LogP contribution is -2.30. The van der Waals surface area contributed by atoms with Gasteiger partial charge in [-0.2, -0.15) is 5.10 Å². The van der Waals surface area contributed by atoms with Gasteiger partial charge in [0, 0.05) is 51.0 Å². The highest BCUT2D eigenvalue weighted by Gasteiger charge is 2.37. The molecule has 0 aliphatic carbocycles. The van der Waals surface area contributed by atoms with Crippen molar-refractivity contribution in [2.45, 2.75) is 19.3 Å². The first-order valence-corrected chi connectivity index (χ1v) is 7.96. The van der Waals surface area contributed by atoms with Crippen LogP contribution >= 0.6 is 0 Å². The van der Waals surface area contributed by atoms with Crippen LogP contribution in [0.5, 0.6) is 0 Å². The molecule has 122 valence electrons. The Morgan fingerprint density at radius 2 is 2.26 bits per heavy atom. The van der Waals surface area contributed by atoms with Crippen molar-refractivity contribution in [3.8, 4) is 0 Å². The van der Waals surface area contributed by atoms with Crippen molar-refractivity contribution in [1.29, 1.82) is 0 Å². The topological polar surface area (TPSA) is 71.2 Å². The van der Waals surface area contributed by atoms with Gasteiger partial charge in [-0.15, -0.1) is 0 Å². The van der Waals surface area contributed by atoms with E-state index in [-0.39, 0.29) is 24.3 Å². The third-order valence-electron chi connectivity index (χ3n) is 4.59. The zero-order valence-corrected chi connectivity index (χ0v) is 13.5. The molecule has 2 aromatic heterocycles. The average Bonchev–Trinajstić information content (AvgIpc) is 3.19. The monoisotopic (exact) mass is 314 g/mol. The molecule has 1 fully saturated rings. The number of carbonyl (C=O) groups excluding carboxylic acids is 1. The molecule has 0 unspecified atom stereocenters. The van der Waals surface area contributed by atoms with Gasteiger partial charge in [-0.3, -0.25) is 14.5 Å². The maximum Gasteiger partial charge on any atom is 0.272 e. The Morgan fingerprint density at radius 3 is 2.91 bits per heavy atom. The highest BCUT2D eigenvalue weighted by atomic mass is 16.3. The molecule has 6 nitrogen and oxygen atoms in total. The number of amides is 1. The first-order chi connectivity index (χ1) is 11.1. The maximum atomic E-state index is 12.8. The lowest BCUT2D eigenvalue weighted by atomic mass is 9.92. The fraction of sp³-hybridized carbons (Fsp3) is 0.471. The second kappa shape index (κ2) is 6.50. The van der Waals surface area contributed by atoms with Crippen LogP contribution in [-0.2, 0) is 13.5 Å². The van der Waals surface area contributed by atoms with Gasteiger partial charge in [-0.1, -0.05) is 13.0 Å². The Hall–Kier alpha value is -2.21. The second-order valence-electron chi connectivity index (χ2n) is 6.07. The summed E-state index contributed by atoms with van der Waals surface area (Å²) in [4.78, 5) is 18.9. The highest BCUT2D eigenvalue weighted by Crippen LogP contribution is 2.33. The Bertz CT molecular complexity index is 697. The van der Waals surface area contributed by atoms with Gasteiger partial charge in [0.1, 0.15) is 5.69 Å². The number of aliphatic hydroxyl groups is 1. The molecule has 3 rings (SSSR count). The van der Waals surface area contributed by atoms with Crippen LogP contribution in [0.25, 0.3) is 0 Å². The van der Waals surface area contributed by atoms with E-state index in [4.69, 9.17) is 0 Å². The van der Waals surface area contributed by atoms with Crippen molar-refractivity contribution in [1.82, 2.24) is 19.7 Å². The van der Waals surface area contributed by atoms with E-state index in [1.54, 1.807) is 15.8 Å². The van der Waals surface area contributed by atoms with Crippen LogP contribution < -0.4 is 0 Å². The number of rotatable bonds is 4. The minimum atomic E-state index is -0.0488.